The highest BCUT2D eigenvalue weighted by atomic mass is 79.9. The van der Waals surface area contributed by atoms with Crippen molar-refractivity contribution in [2.45, 2.75) is 51.4 Å². The molecule has 0 spiro atoms. The van der Waals surface area contributed by atoms with Crippen molar-refractivity contribution < 1.29 is 8.95 Å². The van der Waals surface area contributed by atoms with E-state index in [-0.39, 0.29) is 6.54 Å². The summed E-state index contributed by atoms with van der Waals surface area (Å²) in [5.41, 5.74) is 10.5. The minimum atomic E-state index is -1.34. The van der Waals surface area contributed by atoms with Crippen LogP contribution in [0.4, 0.5) is 0 Å². The Labute approximate surface area is 153 Å². The van der Waals surface area contributed by atoms with Crippen LogP contribution in [0.5, 0.6) is 5.75 Å². The Bertz CT molecular complexity index is 766. The summed E-state index contributed by atoms with van der Waals surface area (Å²) in [5.74, 6) is 0.723. The lowest BCUT2D eigenvalue weighted by molar-refractivity contribution is 0.125. The normalized spacial score (nSPS) is 21.7. The zero-order valence-electron chi connectivity index (χ0n) is 14.5. The maximum atomic E-state index is 12.3. The molecule has 0 amide bonds. The number of ether oxygens (including phenoxy) is 1. The van der Waals surface area contributed by atoms with Crippen LogP contribution in [0.25, 0.3) is 10.4 Å². The number of hydrogen-bond donors (Lipinski definition) is 0. The summed E-state index contributed by atoms with van der Waals surface area (Å²) in [7, 11) is -1.34. The predicted molar refractivity (Wildman–Crippen MR) is 101 cm³/mol. The Morgan fingerprint density at radius 2 is 2.17 bits per heavy atom. The van der Waals surface area contributed by atoms with E-state index in [1.165, 1.54) is 0 Å². The van der Waals surface area contributed by atoms with Gasteiger partial charge in [0.05, 0.1) is 17.0 Å². The highest BCUT2D eigenvalue weighted by Crippen LogP contribution is 2.40. The molecular formula is C16H21BrN4O2S. The highest BCUT2D eigenvalue weighted by Gasteiger charge is 2.36. The summed E-state index contributed by atoms with van der Waals surface area (Å²) >= 11 is 3.51. The molecule has 0 fully saturated rings. The zero-order chi connectivity index (χ0) is 18.1. The van der Waals surface area contributed by atoms with Crippen LogP contribution in [0.1, 0.15) is 45.7 Å². The van der Waals surface area contributed by atoms with Gasteiger partial charge in [0.15, 0.2) is 0 Å². The standard InChI is InChI=1S/C16H21BrN4O2S/c1-10(20-24(22)15(2,3)4)13-7-12(17)6-11-8-16(5,9-19-21-18)23-14(11)13/h6-7H,8-9H2,1-5H3/b20-10+. The van der Waals surface area contributed by atoms with Crippen LogP contribution in [0.2, 0.25) is 0 Å². The molecule has 1 aromatic carbocycles. The molecule has 8 heteroatoms. The van der Waals surface area contributed by atoms with E-state index >= 15 is 0 Å². The summed E-state index contributed by atoms with van der Waals surface area (Å²) < 4.78 is 23.3. The van der Waals surface area contributed by atoms with E-state index in [1.54, 1.807) is 0 Å². The number of rotatable bonds is 4. The van der Waals surface area contributed by atoms with Gasteiger partial charge in [-0.1, -0.05) is 21.0 Å². The molecule has 1 aliphatic rings. The molecule has 130 valence electrons. The van der Waals surface area contributed by atoms with Crippen molar-refractivity contribution in [1.29, 1.82) is 0 Å². The molecule has 0 aromatic heterocycles. The maximum Gasteiger partial charge on any atom is 0.145 e. The van der Waals surface area contributed by atoms with Gasteiger partial charge in [0.2, 0.25) is 0 Å². The molecule has 1 heterocycles. The topological polar surface area (TPSA) is 87.4 Å². The lowest BCUT2D eigenvalue weighted by Gasteiger charge is -2.22. The molecule has 24 heavy (non-hydrogen) atoms. The second-order valence-corrected chi connectivity index (χ2v) is 9.92. The first-order valence-corrected chi connectivity index (χ1v) is 9.46. The number of nitrogens with zero attached hydrogens (tertiary/aromatic N) is 4. The van der Waals surface area contributed by atoms with Crippen molar-refractivity contribution in [1.82, 2.24) is 0 Å². The van der Waals surface area contributed by atoms with Crippen molar-refractivity contribution >= 4 is 32.6 Å². The fraction of sp³-hybridized carbons (Fsp3) is 0.562. The first kappa shape index (κ1) is 19.0. The fourth-order valence-electron chi connectivity index (χ4n) is 2.44. The highest BCUT2D eigenvalue weighted by molar-refractivity contribution is 9.10. The smallest absolute Gasteiger partial charge is 0.145 e. The summed E-state index contributed by atoms with van der Waals surface area (Å²) in [6, 6.07) is 3.91. The molecular weight excluding hydrogens is 392 g/mol. The molecule has 1 aliphatic heterocycles. The molecule has 0 saturated heterocycles. The Morgan fingerprint density at radius 1 is 1.50 bits per heavy atom. The van der Waals surface area contributed by atoms with Gasteiger partial charge >= 0.3 is 0 Å². The molecule has 0 radical (unpaired) electrons. The average Bonchev–Trinajstić information content (AvgIpc) is 2.79. The van der Waals surface area contributed by atoms with Crippen LogP contribution in [-0.4, -0.2) is 26.8 Å². The predicted octanol–water partition coefficient (Wildman–Crippen LogP) is 4.72. The molecule has 0 saturated carbocycles. The van der Waals surface area contributed by atoms with Gasteiger partial charge in [0.25, 0.3) is 0 Å². The molecule has 1 aromatic rings. The summed E-state index contributed by atoms with van der Waals surface area (Å²) in [6.45, 7) is 9.66. The van der Waals surface area contributed by atoms with E-state index in [1.807, 2.05) is 46.8 Å². The van der Waals surface area contributed by atoms with E-state index < -0.39 is 21.3 Å². The van der Waals surface area contributed by atoms with Crippen molar-refractivity contribution in [2.75, 3.05) is 6.54 Å². The number of azide groups is 1. The molecule has 0 bridgehead atoms. The van der Waals surface area contributed by atoms with Crippen molar-refractivity contribution in [3.63, 3.8) is 0 Å². The van der Waals surface area contributed by atoms with Crippen molar-refractivity contribution in [2.24, 2.45) is 9.51 Å². The molecule has 0 aliphatic carbocycles. The monoisotopic (exact) mass is 412 g/mol. The van der Waals surface area contributed by atoms with Crippen LogP contribution in [-0.2, 0) is 17.4 Å². The largest absolute Gasteiger partial charge is 0.486 e. The Kier molecular flexibility index (Phi) is 5.42. The number of benzene rings is 1. The van der Waals surface area contributed by atoms with Gasteiger partial charge in [-0.3, -0.25) is 0 Å². The zero-order valence-corrected chi connectivity index (χ0v) is 16.9. The van der Waals surface area contributed by atoms with E-state index in [4.69, 9.17) is 10.3 Å². The van der Waals surface area contributed by atoms with Gasteiger partial charge in [-0.15, -0.1) is 0 Å². The maximum absolute atomic E-state index is 12.3. The second kappa shape index (κ2) is 6.86. The third-order valence-electron chi connectivity index (χ3n) is 3.65. The van der Waals surface area contributed by atoms with Crippen LogP contribution in [0, 0.1) is 0 Å². The first-order valence-electron chi connectivity index (χ1n) is 7.56. The third-order valence-corrected chi connectivity index (χ3v) is 5.59. The van der Waals surface area contributed by atoms with Gasteiger partial charge in [0.1, 0.15) is 22.3 Å². The lowest BCUT2D eigenvalue weighted by atomic mass is 9.98. The molecule has 6 nitrogen and oxygen atoms in total. The molecule has 0 N–H and O–H groups in total. The van der Waals surface area contributed by atoms with Gasteiger partial charge in [-0.25, -0.2) is 4.21 Å². The molecule has 2 unspecified atom stereocenters. The van der Waals surface area contributed by atoms with Gasteiger partial charge in [-0.2, -0.15) is 4.40 Å². The Balaban J connectivity index is 2.44. The van der Waals surface area contributed by atoms with Gasteiger partial charge < -0.3 is 4.74 Å². The van der Waals surface area contributed by atoms with Crippen molar-refractivity contribution in [3.8, 4) is 5.75 Å². The van der Waals surface area contributed by atoms with Crippen molar-refractivity contribution in [3.05, 3.63) is 38.2 Å². The van der Waals surface area contributed by atoms with Crippen LogP contribution < -0.4 is 4.74 Å². The third kappa shape index (κ3) is 4.18. The summed E-state index contributed by atoms with van der Waals surface area (Å²) in [4.78, 5) is 2.82. The van der Waals surface area contributed by atoms with Gasteiger partial charge in [0, 0.05) is 21.4 Å². The Morgan fingerprint density at radius 3 is 2.75 bits per heavy atom. The van der Waals surface area contributed by atoms with Crippen LogP contribution in [0.15, 0.2) is 26.1 Å². The van der Waals surface area contributed by atoms with Crippen LogP contribution >= 0.6 is 15.9 Å². The first-order chi connectivity index (χ1) is 11.1. The minimum Gasteiger partial charge on any atom is -0.486 e. The van der Waals surface area contributed by atoms with E-state index in [0.717, 1.165) is 21.3 Å². The quantitative estimate of drug-likeness (QED) is 0.309. The van der Waals surface area contributed by atoms with Crippen LogP contribution in [0.3, 0.4) is 0 Å². The van der Waals surface area contributed by atoms with E-state index in [9.17, 15) is 4.21 Å². The number of fused-ring (bicyclic) bond motifs is 1. The SMILES string of the molecule is C/C(=N\S(=O)C(C)(C)C)c1cc(Br)cc2c1OC(C)(CN=[N+]=[N-])C2. The van der Waals surface area contributed by atoms with E-state index in [0.29, 0.717) is 12.1 Å². The van der Waals surface area contributed by atoms with E-state index in [2.05, 4.69) is 30.4 Å². The Hall–Kier alpha value is -1.37. The molecule has 2 atom stereocenters. The lowest BCUT2D eigenvalue weighted by Crippen LogP contribution is -2.33. The fourth-order valence-corrected chi connectivity index (χ4v) is 3.56. The molecule has 2 rings (SSSR count). The van der Waals surface area contributed by atoms with Gasteiger partial charge in [-0.05, 0) is 57.8 Å². The minimum absolute atomic E-state index is 0.249. The summed E-state index contributed by atoms with van der Waals surface area (Å²) in [5, 5.41) is 3.65. The second-order valence-electron chi connectivity index (χ2n) is 7.10. The number of halogens is 1. The number of hydrogen-bond acceptors (Lipinski definition) is 3. The summed E-state index contributed by atoms with van der Waals surface area (Å²) in [6.07, 6.45) is 0.642. The average molecular weight is 413 g/mol.